The van der Waals surface area contributed by atoms with Crippen LogP contribution in [0.4, 0.5) is 0 Å². The molecule has 1 atom stereocenters. The lowest BCUT2D eigenvalue weighted by Crippen LogP contribution is -2.38. The number of nitrogens with one attached hydrogen (secondary N) is 1. The fourth-order valence-electron chi connectivity index (χ4n) is 2.10. The largest absolute Gasteiger partial charge is 0.354 e. The van der Waals surface area contributed by atoms with Crippen LogP contribution < -0.4 is 5.32 Å². The number of benzene rings is 1. The summed E-state index contributed by atoms with van der Waals surface area (Å²) >= 11 is 4.39. The summed E-state index contributed by atoms with van der Waals surface area (Å²) in [4.78, 5) is 14.2. The van der Waals surface area contributed by atoms with Crippen molar-refractivity contribution in [3.05, 3.63) is 35.9 Å². The van der Waals surface area contributed by atoms with E-state index >= 15 is 0 Å². The van der Waals surface area contributed by atoms with Gasteiger partial charge in [0.1, 0.15) is 0 Å². The smallest absolute Gasteiger partial charge is 0.233 e. The van der Waals surface area contributed by atoms with Gasteiger partial charge in [-0.15, -0.1) is 0 Å². The Balaban J connectivity index is 1.67. The summed E-state index contributed by atoms with van der Waals surface area (Å²) in [6, 6.07) is 10.7. The van der Waals surface area contributed by atoms with Gasteiger partial charge < -0.3 is 10.2 Å². The van der Waals surface area contributed by atoms with Gasteiger partial charge >= 0.3 is 0 Å². The molecule has 0 aliphatic heterocycles. The van der Waals surface area contributed by atoms with E-state index in [1.165, 1.54) is 12.8 Å². The van der Waals surface area contributed by atoms with Crippen molar-refractivity contribution in [2.75, 3.05) is 20.1 Å². The number of carbonyl (C=O) groups excluding carboxylic acids is 1. The van der Waals surface area contributed by atoms with Gasteiger partial charge in [0.05, 0.1) is 5.25 Å². The third-order valence-corrected chi connectivity index (χ3v) is 3.93. The molecule has 1 unspecified atom stereocenters. The molecule has 1 N–H and O–H groups in total. The van der Waals surface area contributed by atoms with Crippen molar-refractivity contribution in [1.82, 2.24) is 10.2 Å². The molecule has 1 fully saturated rings. The Morgan fingerprint density at radius 1 is 1.42 bits per heavy atom. The first kappa shape index (κ1) is 14.4. The summed E-state index contributed by atoms with van der Waals surface area (Å²) < 4.78 is 0. The fraction of sp³-hybridized carbons (Fsp3) is 0.533. The molecule has 1 aromatic rings. The number of likely N-dealkylation sites (N-methyl/N-ethyl adjacent to an activating group) is 1. The van der Waals surface area contributed by atoms with E-state index in [1.54, 1.807) is 0 Å². The molecule has 1 aromatic carbocycles. The number of hydrogen-bond donors (Lipinski definition) is 2. The van der Waals surface area contributed by atoms with Crippen LogP contribution >= 0.6 is 12.6 Å². The van der Waals surface area contributed by atoms with Crippen molar-refractivity contribution in [3.8, 4) is 0 Å². The maximum absolute atomic E-state index is 11.9. The first-order valence-corrected chi connectivity index (χ1v) is 7.38. The minimum atomic E-state index is -0.270. The van der Waals surface area contributed by atoms with Gasteiger partial charge in [0.15, 0.2) is 0 Å². The van der Waals surface area contributed by atoms with Crippen LogP contribution in [0.1, 0.15) is 18.4 Å². The molecule has 1 saturated carbocycles. The standard InChI is InChI=1S/C15H22N2OS/c1-17(13-7-8-13)10-9-16-15(18)14(19)11-12-5-3-2-4-6-12/h2-6,13-14,19H,7-11H2,1H3,(H,16,18). The molecule has 0 radical (unpaired) electrons. The predicted molar refractivity (Wildman–Crippen MR) is 81.6 cm³/mol. The molecule has 1 aliphatic rings. The molecule has 0 aromatic heterocycles. The molecule has 4 heteroatoms. The molecule has 1 aliphatic carbocycles. The summed E-state index contributed by atoms with van der Waals surface area (Å²) in [5.74, 6) is 0.0244. The van der Waals surface area contributed by atoms with Crippen LogP contribution in [0.3, 0.4) is 0 Å². The number of amides is 1. The minimum absolute atomic E-state index is 0.0244. The Morgan fingerprint density at radius 2 is 2.11 bits per heavy atom. The highest BCUT2D eigenvalue weighted by Gasteiger charge is 2.25. The van der Waals surface area contributed by atoms with Gasteiger partial charge in [-0.25, -0.2) is 0 Å². The molecular formula is C15H22N2OS. The van der Waals surface area contributed by atoms with Crippen LogP contribution in [0.5, 0.6) is 0 Å². The molecule has 3 nitrogen and oxygen atoms in total. The van der Waals surface area contributed by atoms with Crippen LogP contribution in [-0.2, 0) is 11.2 Å². The van der Waals surface area contributed by atoms with Gasteiger partial charge in [-0.3, -0.25) is 4.79 Å². The van der Waals surface area contributed by atoms with Crippen LogP contribution in [0, 0.1) is 0 Å². The maximum atomic E-state index is 11.9. The molecule has 2 rings (SSSR count). The van der Waals surface area contributed by atoms with Crippen molar-refractivity contribution in [3.63, 3.8) is 0 Å². The minimum Gasteiger partial charge on any atom is -0.354 e. The summed E-state index contributed by atoms with van der Waals surface area (Å²) in [7, 11) is 2.12. The Bertz CT molecular complexity index is 406. The van der Waals surface area contributed by atoms with Crippen molar-refractivity contribution >= 4 is 18.5 Å². The van der Waals surface area contributed by atoms with E-state index in [0.29, 0.717) is 13.0 Å². The summed E-state index contributed by atoms with van der Waals surface area (Å²) in [5, 5.41) is 2.69. The number of rotatable bonds is 7. The summed E-state index contributed by atoms with van der Waals surface area (Å²) in [6.07, 6.45) is 3.27. The number of carbonyl (C=O) groups is 1. The highest BCUT2D eigenvalue weighted by atomic mass is 32.1. The zero-order chi connectivity index (χ0) is 13.7. The van der Waals surface area contributed by atoms with Gasteiger partial charge in [-0.1, -0.05) is 30.3 Å². The Labute approximate surface area is 120 Å². The number of thiol groups is 1. The fourth-order valence-corrected chi connectivity index (χ4v) is 2.40. The predicted octanol–water partition coefficient (Wildman–Crippen LogP) is 1.74. The summed E-state index contributed by atoms with van der Waals surface area (Å²) in [6.45, 7) is 1.62. The quantitative estimate of drug-likeness (QED) is 0.745. The SMILES string of the molecule is CN(CCNC(=O)C(S)Cc1ccccc1)C1CC1. The first-order valence-electron chi connectivity index (χ1n) is 6.87. The Morgan fingerprint density at radius 3 is 2.74 bits per heavy atom. The lowest BCUT2D eigenvalue weighted by atomic mass is 10.1. The molecule has 0 heterocycles. The maximum Gasteiger partial charge on any atom is 0.233 e. The highest BCUT2D eigenvalue weighted by Crippen LogP contribution is 2.24. The average molecular weight is 278 g/mol. The number of hydrogen-bond acceptors (Lipinski definition) is 3. The van der Waals surface area contributed by atoms with Gasteiger partial charge in [0.25, 0.3) is 0 Å². The topological polar surface area (TPSA) is 32.3 Å². The summed E-state index contributed by atoms with van der Waals surface area (Å²) in [5.41, 5.74) is 1.15. The lowest BCUT2D eigenvalue weighted by Gasteiger charge is -2.17. The zero-order valence-corrected chi connectivity index (χ0v) is 12.3. The first-order chi connectivity index (χ1) is 9.16. The number of nitrogens with zero attached hydrogens (tertiary/aromatic N) is 1. The zero-order valence-electron chi connectivity index (χ0n) is 11.4. The van der Waals surface area contributed by atoms with Crippen molar-refractivity contribution in [2.45, 2.75) is 30.6 Å². The van der Waals surface area contributed by atoms with E-state index in [2.05, 4.69) is 29.9 Å². The molecule has 0 saturated heterocycles. The van der Waals surface area contributed by atoms with Gasteiger partial charge in [-0.05, 0) is 31.9 Å². The van der Waals surface area contributed by atoms with Gasteiger partial charge in [-0.2, -0.15) is 12.6 Å². The molecule has 0 bridgehead atoms. The van der Waals surface area contributed by atoms with E-state index in [1.807, 2.05) is 30.3 Å². The van der Waals surface area contributed by atoms with Crippen LogP contribution in [-0.4, -0.2) is 42.2 Å². The lowest BCUT2D eigenvalue weighted by molar-refractivity contribution is -0.120. The molecule has 104 valence electrons. The van der Waals surface area contributed by atoms with E-state index in [9.17, 15) is 4.79 Å². The van der Waals surface area contributed by atoms with E-state index in [4.69, 9.17) is 0 Å². The molecule has 0 spiro atoms. The Hall–Kier alpha value is -1.00. The monoisotopic (exact) mass is 278 g/mol. The molecule has 19 heavy (non-hydrogen) atoms. The van der Waals surface area contributed by atoms with Gasteiger partial charge in [0, 0.05) is 19.1 Å². The third kappa shape index (κ3) is 4.88. The van der Waals surface area contributed by atoms with E-state index < -0.39 is 0 Å². The van der Waals surface area contributed by atoms with E-state index in [0.717, 1.165) is 18.2 Å². The third-order valence-electron chi connectivity index (χ3n) is 3.51. The average Bonchev–Trinajstić information content (AvgIpc) is 3.24. The normalized spacial score (nSPS) is 16.4. The molecule has 1 amide bonds. The van der Waals surface area contributed by atoms with Crippen molar-refractivity contribution < 1.29 is 4.79 Å². The molecular weight excluding hydrogens is 256 g/mol. The van der Waals surface area contributed by atoms with Crippen LogP contribution in [0.2, 0.25) is 0 Å². The van der Waals surface area contributed by atoms with Crippen LogP contribution in [0.15, 0.2) is 30.3 Å². The Kier molecular flexibility index (Phi) is 5.28. The van der Waals surface area contributed by atoms with Crippen molar-refractivity contribution in [2.24, 2.45) is 0 Å². The highest BCUT2D eigenvalue weighted by molar-refractivity contribution is 7.81. The van der Waals surface area contributed by atoms with Crippen molar-refractivity contribution in [1.29, 1.82) is 0 Å². The van der Waals surface area contributed by atoms with E-state index in [-0.39, 0.29) is 11.2 Å². The van der Waals surface area contributed by atoms with Crippen LogP contribution in [0.25, 0.3) is 0 Å². The second-order valence-electron chi connectivity index (χ2n) is 5.21. The second kappa shape index (κ2) is 6.96. The van der Waals surface area contributed by atoms with Gasteiger partial charge in [0.2, 0.25) is 5.91 Å². The second-order valence-corrected chi connectivity index (χ2v) is 5.83.